The Morgan fingerprint density at radius 3 is 3.00 bits per heavy atom. The Hall–Kier alpha value is -0.610. The molecule has 0 N–H and O–H groups in total. The van der Waals surface area contributed by atoms with Crippen LogP contribution in [0.1, 0.15) is 26.2 Å². The molecule has 1 aliphatic heterocycles. The second-order valence-corrected chi connectivity index (χ2v) is 3.13. The molecule has 76 valence electrons. The molecule has 0 saturated carbocycles. The molecule has 0 amide bonds. The highest BCUT2D eigenvalue weighted by atomic mass is 16.7. The maximum atomic E-state index is 11.0. The molecule has 13 heavy (non-hydrogen) atoms. The van der Waals surface area contributed by atoms with Gasteiger partial charge in [0.15, 0.2) is 0 Å². The lowest BCUT2D eigenvalue weighted by atomic mass is 10.1. The van der Waals surface area contributed by atoms with Gasteiger partial charge >= 0.3 is 5.97 Å². The highest BCUT2D eigenvalue weighted by Gasteiger charge is 2.34. The summed E-state index contributed by atoms with van der Waals surface area (Å²) in [5, 5.41) is 0. The molecule has 1 rings (SSSR count). The molecule has 0 aliphatic carbocycles. The zero-order chi connectivity index (χ0) is 9.68. The minimum absolute atomic E-state index is 0.0763. The molecule has 0 aromatic heterocycles. The first-order valence-corrected chi connectivity index (χ1v) is 4.58. The number of hydrogen-bond donors (Lipinski definition) is 0. The molecule has 0 unspecified atom stereocenters. The lowest BCUT2D eigenvalue weighted by molar-refractivity contribution is -0.142. The number of methoxy groups -OCH3 is 1. The fourth-order valence-corrected chi connectivity index (χ4v) is 1.44. The van der Waals surface area contributed by atoms with E-state index >= 15 is 0 Å². The maximum Gasteiger partial charge on any atom is 0.308 e. The third-order valence-corrected chi connectivity index (χ3v) is 2.04. The Labute approximate surface area is 78.2 Å². The van der Waals surface area contributed by atoms with Crippen molar-refractivity contribution in [2.45, 2.75) is 38.4 Å². The Morgan fingerprint density at radius 1 is 1.62 bits per heavy atom. The molecular formula is C9H16O4. The van der Waals surface area contributed by atoms with Gasteiger partial charge in [0, 0.05) is 7.11 Å². The van der Waals surface area contributed by atoms with Crippen molar-refractivity contribution < 1.29 is 19.0 Å². The van der Waals surface area contributed by atoms with Gasteiger partial charge in [0.25, 0.3) is 0 Å². The smallest absolute Gasteiger partial charge is 0.308 e. The summed E-state index contributed by atoms with van der Waals surface area (Å²) in [6.45, 7) is 2.28. The molecule has 4 nitrogen and oxygen atoms in total. The first-order chi connectivity index (χ1) is 6.27. The van der Waals surface area contributed by atoms with E-state index in [9.17, 15) is 4.79 Å². The summed E-state index contributed by atoms with van der Waals surface area (Å²) in [6, 6.07) is 0. The Kier molecular flexibility index (Phi) is 4.18. The first kappa shape index (κ1) is 10.5. The molecule has 1 fully saturated rings. The number of hydrogen-bond acceptors (Lipinski definition) is 4. The van der Waals surface area contributed by atoms with Crippen LogP contribution in [0.3, 0.4) is 0 Å². The van der Waals surface area contributed by atoms with Crippen LogP contribution in [0.25, 0.3) is 0 Å². The maximum absolute atomic E-state index is 11.0. The quantitative estimate of drug-likeness (QED) is 0.478. The van der Waals surface area contributed by atoms with Gasteiger partial charge in [0.05, 0.1) is 6.42 Å². The standard InChI is InChI=1S/C9H16O4/c1-3-4-7-8(12-6-11-2)5-9(10)13-7/h7-8H,3-6H2,1-2H3/t7-,8+/m0/s1. The van der Waals surface area contributed by atoms with Crippen LogP contribution in [-0.2, 0) is 19.0 Å². The van der Waals surface area contributed by atoms with Gasteiger partial charge in [0.1, 0.15) is 19.0 Å². The molecule has 4 heteroatoms. The number of rotatable bonds is 5. The van der Waals surface area contributed by atoms with Crippen molar-refractivity contribution in [3.8, 4) is 0 Å². The van der Waals surface area contributed by atoms with Crippen molar-refractivity contribution in [2.75, 3.05) is 13.9 Å². The van der Waals surface area contributed by atoms with Crippen molar-refractivity contribution in [3.05, 3.63) is 0 Å². The van der Waals surface area contributed by atoms with Crippen LogP contribution in [0.2, 0.25) is 0 Å². The van der Waals surface area contributed by atoms with Gasteiger partial charge in [-0.2, -0.15) is 0 Å². The first-order valence-electron chi connectivity index (χ1n) is 4.58. The van der Waals surface area contributed by atoms with Gasteiger partial charge in [-0.3, -0.25) is 4.79 Å². The molecule has 0 radical (unpaired) electrons. The number of esters is 1. The molecule has 0 bridgehead atoms. The summed E-state index contributed by atoms with van der Waals surface area (Å²) >= 11 is 0. The van der Waals surface area contributed by atoms with Crippen molar-refractivity contribution in [2.24, 2.45) is 0 Å². The summed E-state index contributed by atoms with van der Waals surface area (Å²) in [4.78, 5) is 11.0. The highest BCUT2D eigenvalue weighted by molar-refractivity contribution is 5.72. The third kappa shape index (κ3) is 2.97. The molecule has 2 atom stereocenters. The van der Waals surface area contributed by atoms with E-state index in [-0.39, 0.29) is 25.0 Å². The van der Waals surface area contributed by atoms with E-state index in [0.717, 1.165) is 12.8 Å². The van der Waals surface area contributed by atoms with E-state index in [2.05, 4.69) is 6.92 Å². The van der Waals surface area contributed by atoms with E-state index in [1.807, 2.05) is 0 Å². The summed E-state index contributed by atoms with van der Waals surface area (Å²) in [7, 11) is 1.56. The normalized spacial score (nSPS) is 27.7. The van der Waals surface area contributed by atoms with Gasteiger partial charge in [-0.05, 0) is 6.42 Å². The lowest BCUT2D eigenvalue weighted by Crippen LogP contribution is -2.25. The van der Waals surface area contributed by atoms with Gasteiger partial charge < -0.3 is 14.2 Å². The highest BCUT2D eigenvalue weighted by Crippen LogP contribution is 2.21. The van der Waals surface area contributed by atoms with Crippen molar-refractivity contribution in [1.29, 1.82) is 0 Å². The second-order valence-electron chi connectivity index (χ2n) is 3.13. The van der Waals surface area contributed by atoms with Crippen LogP contribution in [0, 0.1) is 0 Å². The second kappa shape index (κ2) is 5.19. The predicted octanol–water partition coefficient (Wildman–Crippen LogP) is 1.09. The van der Waals surface area contributed by atoms with Crippen LogP contribution < -0.4 is 0 Å². The Bertz CT molecular complexity index is 169. The molecule has 0 aromatic carbocycles. The van der Waals surface area contributed by atoms with Gasteiger partial charge in [-0.15, -0.1) is 0 Å². The third-order valence-electron chi connectivity index (χ3n) is 2.04. The number of ether oxygens (including phenoxy) is 3. The van der Waals surface area contributed by atoms with Gasteiger partial charge in [0.2, 0.25) is 0 Å². The number of cyclic esters (lactones) is 1. The summed E-state index contributed by atoms with van der Waals surface area (Å²) < 4.78 is 15.2. The Balaban J connectivity index is 2.36. The SMILES string of the molecule is CCC[C@@H]1OC(=O)C[C@H]1OCOC. The van der Waals surface area contributed by atoms with Gasteiger partial charge in [-0.25, -0.2) is 0 Å². The van der Waals surface area contributed by atoms with Crippen LogP contribution in [0.15, 0.2) is 0 Å². The minimum atomic E-state index is -0.167. The van der Waals surface area contributed by atoms with Crippen LogP contribution in [-0.4, -0.2) is 32.1 Å². The molecule has 0 aromatic rings. The largest absolute Gasteiger partial charge is 0.460 e. The monoisotopic (exact) mass is 188 g/mol. The average molecular weight is 188 g/mol. The molecule has 1 aliphatic rings. The molecule has 0 spiro atoms. The summed E-state index contributed by atoms with van der Waals surface area (Å²) in [5.41, 5.74) is 0. The Morgan fingerprint density at radius 2 is 2.38 bits per heavy atom. The van der Waals surface area contributed by atoms with E-state index < -0.39 is 0 Å². The van der Waals surface area contributed by atoms with Crippen LogP contribution in [0.5, 0.6) is 0 Å². The van der Waals surface area contributed by atoms with Crippen molar-refractivity contribution in [1.82, 2.24) is 0 Å². The number of carbonyl (C=O) groups is 1. The van der Waals surface area contributed by atoms with E-state index in [0.29, 0.717) is 6.42 Å². The minimum Gasteiger partial charge on any atom is -0.460 e. The topological polar surface area (TPSA) is 44.8 Å². The summed E-state index contributed by atoms with van der Waals surface area (Å²) in [6.07, 6.45) is 2.01. The van der Waals surface area contributed by atoms with Crippen molar-refractivity contribution >= 4 is 5.97 Å². The average Bonchev–Trinajstić information content (AvgIpc) is 2.44. The molecule has 1 saturated heterocycles. The number of carbonyl (C=O) groups excluding carboxylic acids is 1. The summed E-state index contributed by atoms with van der Waals surface area (Å²) in [5.74, 6) is -0.167. The van der Waals surface area contributed by atoms with Crippen LogP contribution >= 0.6 is 0 Å². The van der Waals surface area contributed by atoms with E-state index in [4.69, 9.17) is 14.2 Å². The zero-order valence-corrected chi connectivity index (χ0v) is 8.12. The zero-order valence-electron chi connectivity index (χ0n) is 8.12. The lowest BCUT2D eigenvalue weighted by Gasteiger charge is -2.16. The van der Waals surface area contributed by atoms with E-state index in [1.54, 1.807) is 7.11 Å². The molecule has 1 heterocycles. The molecular weight excluding hydrogens is 172 g/mol. The fourth-order valence-electron chi connectivity index (χ4n) is 1.44. The predicted molar refractivity (Wildman–Crippen MR) is 46.2 cm³/mol. The van der Waals surface area contributed by atoms with Gasteiger partial charge in [-0.1, -0.05) is 13.3 Å². The fraction of sp³-hybridized carbons (Fsp3) is 0.889. The van der Waals surface area contributed by atoms with E-state index in [1.165, 1.54) is 0 Å². The van der Waals surface area contributed by atoms with Crippen LogP contribution in [0.4, 0.5) is 0 Å². The van der Waals surface area contributed by atoms with Crippen molar-refractivity contribution in [3.63, 3.8) is 0 Å².